The summed E-state index contributed by atoms with van der Waals surface area (Å²) in [6, 6.07) is 11.1. The van der Waals surface area contributed by atoms with Crippen LogP contribution in [0.25, 0.3) is 22.4 Å². The number of anilines is 1. The molecule has 0 bridgehead atoms. The number of nitrogens with two attached hydrogens (primary N) is 1. The van der Waals surface area contributed by atoms with E-state index in [0.717, 1.165) is 12.1 Å². The van der Waals surface area contributed by atoms with Gasteiger partial charge in [-0.05, 0) is 29.8 Å². The number of halogens is 3. The van der Waals surface area contributed by atoms with Crippen LogP contribution in [0.2, 0.25) is 0 Å². The zero-order valence-corrected chi connectivity index (χ0v) is 17.7. The smallest absolute Gasteiger partial charge is 0.416 e. The Bertz CT molecular complexity index is 1270. The average Bonchev–Trinajstić information content (AvgIpc) is 2.81. The molecule has 7 nitrogen and oxygen atoms in total. The predicted octanol–water partition coefficient (Wildman–Crippen LogP) is 4.79. The van der Waals surface area contributed by atoms with E-state index in [1.54, 1.807) is 12.1 Å². The van der Waals surface area contributed by atoms with Crippen molar-refractivity contribution in [1.29, 1.82) is 10.5 Å². The Morgan fingerprint density at radius 1 is 0.848 bits per heavy atom. The van der Waals surface area contributed by atoms with Crippen LogP contribution in [0, 0.1) is 22.7 Å². The number of ether oxygens (including phenoxy) is 3. The second-order valence-corrected chi connectivity index (χ2v) is 6.68. The fraction of sp³-hybridized carbons (Fsp3) is 0.174. The molecule has 0 saturated heterocycles. The lowest BCUT2D eigenvalue weighted by molar-refractivity contribution is -0.137. The lowest BCUT2D eigenvalue weighted by Gasteiger charge is -2.17. The minimum Gasteiger partial charge on any atom is -0.493 e. The van der Waals surface area contributed by atoms with Gasteiger partial charge in [0.1, 0.15) is 23.5 Å². The number of rotatable bonds is 5. The molecule has 3 rings (SSSR count). The van der Waals surface area contributed by atoms with Crippen molar-refractivity contribution in [3.63, 3.8) is 0 Å². The molecule has 0 saturated carbocycles. The number of aromatic nitrogens is 1. The molecule has 0 aliphatic rings. The van der Waals surface area contributed by atoms with Gasteiger partial charge in [0, 0.05) is 11.1 Å². The van der Waals surface area contributed by atoms with Crippen molar-refractivity contribution in [3.8, 4) is 51.8 Å². The first kappa shape index (κ1) is 23.2. The molecule has 0 radical (unpaired) electrons. The highest BCUT2D eigenvalue weighted by atomic mass is 19.4. The SMILES string of the molecule is COc1cc(-c2nc(N)c(C#N)c(-c3ccc(C(F)(F)F)cc3)c2C#N)cc(OC)c1OC. The molecule has 3 aromatic rings. The molecule has 2 aromatic carbocycles. The van der Waals surface area contributed by atoms with E-state index < -0.39 is 11.7 Å². The van der Waals surface area contributed by atoms with Gasteiger partial charge in [-0.1, -0.05) is 12.1 Å². The molecule has 168 valence electrons. The maximum Gasteiger partial charge on any atom is 0.416 e. The van der Waals surface area contributed by atoms with Crippen LogP contribution < -0.4 is 19.9 Å². The van der Waals surface area contributed by atoms with Crippen LogP contribution in [0.3, 0.4) is 0 Å². The van der Waals surface area contributed by atoms with Crippen LogP contribution in [0.15, 0.2) is 36.4 Å². The quantitative estimate of drug-likeness (QED) is 0.590. The molecule has 2 N–H and O–H groups in total. The number of methoxy groups -OCH3 is 3. The van der Waals surface area contributed by atoms with E-state index in [-0.39, 0.29) is 45.3 Å². The number of hydrogen-bond acceptors (Lipinski definition) is 7. The molecule has 10 heteroatoms. The first-order chi connectivity index (χ1) is 15.7. The number of nitrogen functional groups attached to an aromatic ring is 1. The molecule has 0 amide bonds. The van der Waals surface area contributed by atoms with E-state index in [9.17, 15) is 23.7 Å². The number of hydrogen-bond donors (Lipinski definition) is 1. The van der Waals surface area contributed by atoms with Crippen LogP contribution in [-0.4, -0.2) is 26.3 Å². The standard InChI is InChI=1S/C23H17F3N4O3/c1-31-17-8-13(9-18(32-2)21(17)33-3)20-15(10-27)19(16(11-28)22(29)30-20)12-4-6-14(7-5-12)23(24,25)26/h4-9H,1-3H3,(H2,29,30). The van der Waals surface area contributed by atoms with E-state index in [0.29, 0.717) is 11.3 Å². The van der Waals surface area contributed by atoms with Gasteiger partial charge in [0.25, 0.3) is 0 Å². The Kier molecular flexibility index (Phi) is 6.31. The van der Waals surface area contributed by atoms with Crippen molar-refractivity contribution in [2.24, 2.45) is 0 Å². The molecule has 33 heavy (non-hydrogen) atoms. The normalized spacial score (nSPS) is 10.8. The molecular weight excluding hydrogens is 437 g/mol. The summed E-state index contributed by atoms with van der Waals surface area (Å²) in [5.41, 5.74) is 5.73. The van der Waals surface area contributed by atoms with Crippen LogP contribution in [0.1, 0.15) is 16.7 Å². The second-order valence-electron chi connectivity index (χ2n) is 6.68. The fourth-order valence-electron chi connectivity index (χ4n) is 3.37. The molecular formula is C23H17F3N4O3. The summed E-state index contributed by atoms with van der Waals surface area (Å²) in [7, 11) is 4.27. The number of nitrogens with zero attached hydrogens (tertiary/aromatic N) is 3. The van der Waals surface area contributed by atoms with Crippen LogP contribution in [0.4, 0.5) is 19.0 Å². The van der Waals surface area contributed by atoms with Crippen molar-refractivity contribution in [2.75, 3.05) is 27.1 Å². The van der Waals surface area contributed by atoms with Gasteiger partial charge in [-0.2, -0.15) is 23.7 Å². The lowest BCUT2D eigenvalue weighted by Crippen LogP contribution is -2.06. The topological polar surface area (TPSA) is 114 Å². The average molecular weight is 454 g/mol. The third-order valence-electron chi connectivity index (χ3n) is 4.89. The van der Waals surface area contributed by atoms with E-state index >= 15 is 0 Å². The third kappa shape index (κ3) is 4.19. The Hall–Kier alpha value is -4.44. The van der Waals surface area contributed by atoms with Gasteiger partial charge in [0.05, 0.1) is 38.2 Å². The summed E-state index contributed by atoms with van der Waals surface area (Å²) in [5.74, 6) is 0.704. The number of pyridine rings is 1. The molecule has 1 heterocycles. The lowest BCUT2D eigenvalue weighted by atomic mass is 9.92. The molecule has 0 fully saturated rings. The highest BCUT2D eigenvalue weighted by Crippen LogP contribution is 2.43. The Labute approximate surface area is 187 Å². The summed E-state index contributed by atoms with van der Waals surface area (Å²) < 4.78 is 55.0. The summed E-state index contributed by atoms with van der Waals surface area (Å²) in [6.07, 6.45) is -4.53. The largest absolute Gasteiger partial charge is 0.493 e. The van der Waals surface area contributed by atoms with Crippen molar-refractivity contribution in [2.45, 2.75) is 6.18 Å². The first-order valence-corrected chi connectivity index (χ1v) is 9.31. The van der Waals surface area contributed by atoms with E-state index in [1.807, 2.05) is 12.1 Å². The summed E-state index contributed by atoms with van der Waals surface area (Å²) in [5, 5.41) is 19.6. The van der Waals surface area contributed by atoms with Crippen LogP contribution in [0.5, 0.6) is 17.2 Å². The first-order valence-electron chi connectivity index (χ1n) is 9.31. The highest BCUT2D eigenvalue weighted by molar-refractivity contribution is 5.88. The Morgan fingerprint density at radius 3 is 1.82 bits per heavy atom. The van der Waals surface area contributed by atoms with Crippen LogP contribution in [-0.2, 0) is 6.18 Å². The number of alkyl halides is 3. The van der Waals surface area contributed by atoms with Gasteiger partial charge in [-0.3, -0.25) is 0 Å². The summed E-state index contributed by atoms with van der Waals surface area (Å²) >= 11 is 0. The Balaban J connectivity index is 2.35. The van der Waals surface area contributed by atoms with Gasteiger partial charge in [-0.25, -0.2) is 4.98 Å². The fourth-order valence-corrected chi connectivity index (χ4v) is 3.37. The monoisotopic (exact) mass is 454 g/mol. The maximum absolute atomic E-state index is 13.0. The minimum absolute atomic E-state index is 0.0465. The summed E-state index contributed by atoms with van der Waals surface area (Å²) in [4.78, 5) is 4.24. The van der Waals surface area contributed by atoms with Crippen molar-refractivity contribution >= 4 is 5.82 Å². The summed E-state index contributed by atoms with van der Waals surface area (Å²) in [6.45, 7) is 0. The molecule has 0 aliphatic heterocycles. The second kappa shape index (κ2) is 8.97. The van der Waals surface area contributed by atoms with Crippen molar-refractivity contribution in [3.05, 3.63) is 53.1 Å². The molecule has 0 spiro atoms. The van der Waals surface area contributed by atoms with Crippen LogP contribution >= 0.6 is 0 Å². The van der Waals surface area contributed by atoms with Gasteiger partial charge in [0.15, 0.2) is 11.5 Å². The van der Waals surface area contributed by atoms with E-state index in [4.69, 9.17) is 19.9 Å². The van der Waals surface area contributed by atoms with Gasteiger partial charge < -0.3 is 19.9 Å². The van der Waals surface area contributed by atoms with E-state index in [1.165, 1.54) is 33.5 Å². The number of nitriles is 2. The van der Waals surface area contributed by atoms with Gasteiger partial charge in [-0.15, -0.1) is 0 Å². The number of benzene rings is 2. The van der Waals surface area contributed by atoms with Gasteiger partial charge in [0.2, 0.25) is 5.75 Å². The van der Waals surface area contributed by atoms with Gasteiger partial charge >= 0.3 is 6.18 Å². The highest BCUT2D eigenvalue weighted by Gasteiger charge is 2.30. The Morgan fingerprint density at radius 2 is 1.39 bits per heavy atom. The van der Waals surface area contributed by atoms with E-state index in [2.05, 4.69) is 4.98 Å². The van der Waals surface area contributed by atoms with Crippen molar-refractivity contribution in [1.82, 2.24) is 4.98 Å². The minimum atomic E-state index is -4.53. The molecule has 0 aliphatic carbocycles. The van der Waals surface area contributed by atoms with Crippen molar-refractivity contribution < 1.29 is 27.4 Å². The molecule has 0 unspecified atom stereocenters. The zero-order chi connectivity index (χ0) is 24.3. The maximum atomic E-state index is 13.0. The zero-order valence-electron chi connectivity index (χ0n) is 17.7. The predicted molar refractivity (Wildman–Crippen MR) is 114 cm³/mol. The molecule has 1 aromatic heterocycles. The third-order valence-corrected chi connectivity index (χ3v) is 4.89. The molecule has 0 atom stereocenters.